The molecule has 2 aromatic rings. The molecular formula is C26H32O12. The van der Waals surface area contributed by atoms with Gasteiger partial charge in [-0.15, -0.1) is 0 Å². The van der Waals surface area contributed by atoms with Gasteiger partial charge in [0.05, 0.1) is 18.3 Å². The number of aliphatic hydroxyl groups excluding tert-OH is 6. The molecule has 6 N–H and O–H groups in total. The molecule has 0 aliphatic carbocycles. The van der Waals surface area contributed by atoms with E-state index in [1.807, 2.05) is 0 Å². The Kier molecular flexibility index (Phi) is 9.31. The Morgan fingerprint density at radius 2 is 1.39 bits per heavy atom. The number of hydrogen-bond donors (Lipinski definition) is 6. The molecule has 12 nitrogen and oxygen atoms in total. The van der Waals surface area contributed by atoms with Crippen LogP contribution in [0.2, 0.25) is 0 Å². The van der Waals surface area contributed by atoms with Crippen molar-refractivity contribution in [1.82, 2.24) is 0 Å². The van der Waals surface area contributed by atoms with E-state index in [-0.39, 0.29) is 12.4 Å². The number of aliphatic hydroxyl groups is 6. The summed E-state index contributed by atoms with van der Waals surface area (Å²) in [6.07, 6.45) is -13.9. The van der Waals surface area contributed by atoms with E-state index in [2.05, 4.69) is 0 Å². The molecule has 2 aliphatic heterocycles. The number of ether oxygens (including phenoxy) is 5. The van der Waals surface area contributed by atoms with Gasteiger partial charge in [-0.2, -0.15) is 0 Å². The first kappa shape index (κ1) is 28.4. The molecule has 2 aliphatic rings. The highest BCUT2D eigenvalue weighted by molar-refractivity contribution is 5.89. The second kappa shape index (κ2) is 12.5. The van der Waals surface area contributed by atoms with Gasteiger partial charge in [0.2, 0.25) is 6.29 Å². The summed E-state index contributed by atoms with van der Waals surface area (Å²) in [7, 11) is 0. The smallest absolute Gasteiger partial charge is 0.338 e. The van der Waals surface area contributed by atoms with Crippen LogP contribution in [0.15, 0.2) is 54.6 Å². The maximum atomic E-state index is 12.1. The third kappa shape index (κ3) is 6.49. The quantitative estimate of drug-likeness (QED) is 0.228. The summed E-state index contributed by atoms with van der Waals surface area (Å²) in [5.41, 5.74) is 1.11. The van der Waals surface area contributed by atoms with Crippen LogP contribution in [-0.4, -0.2) is 105 Å². The molecule has 0 aromatic heterocycles. The van der Waals surface area contributed by atoms with Crippen molar-refractivity contribution in [1.29, 1.82) is 0 Å². The van der Waals surface area contributed by atoms with Crippen LogP contribution < -0.4 is 4.74 Å². The molecule has 0 spiro atoms. The standard InChI is InChI=1S/C26H32O12/c1-13-18(27)20(29)22(31)25(36-13)35-12-17-19(28)21(30)23(32)26(38-17)37-16-9-7-14(8-10-16)11-34-24(33)15-5-3-2-4-6-15/h2-10,13,17-23,25-32H,11-12H2,1H3/t13-,17+,18-,19+,20+,21-,22+,23+,25+,26+/m0/s1. The lowest BCUT2D eigenvalue weighted by Gasteiger charge is -2.42. The van der Waals surface area contributed by atoms with Crippen molar-refractivity contribution in [3.8, 4) is 5.75 Å². The Labute approximate surface area is 218 Å². The molecule has 0 bridgehead atoms. The lowest BCUT2D eigenvalue weighted by atomic mass is 9.98. The number of esters is 1. The molecule has 0 radical (unpaired) electrons. The first-order valence-corrected chi connectivity index (χ1v) is 12.1. The Hall–Kier alpha value is -2.65. The highest BCUT2D eigenvalue weighted by Gasteiger charge is 2.47. The van der Waals surface area contributed by atoms with E-state index in [0.717, 1.165) is 0 Å². The van der Waals surface area contributed by atoms with E-state index in [9.17, 15) is 35.4 Å². The summed E-state index contributed by atoms with van der Waals surface area (Å²) in [5.74, 6) is -0.191. The van der Waals surface area contributed by atoms with E-state index < -0.39 is 74.0 Å². The van der Waals surface area contributed by atoms with E-state index in [1.165, 1.54) is 6.92 Å². The zero-order chi connectivity index (χ0) is 27.4. The molecule has 4 rings (SSSR count). The van der Waals surface area contributed by atoms with Crippen LogP contribution in [0.1, 0.15) is 22.8 Å². The highest BCUT2D eigenvalue weighted by Crippen LogP contribution is 2.27. The van der Waals surface area contributed by atoms with Gasteiger partial charge in [0, 0.05) is 0 Å². The van der Waals surface area contributed by atoms with Gasteiger partial charge >= 0.3 is 5.97 Å². The number of carbonyl (C=O) groups excluding carboxylic acids is 1. The van der Waals surface area contributed by atoms with Gasteiger partial charge in [-0.3, -0.25) is 0 Å². The van der Waals surface area contributed by atoms with Crippen LogP contribution in [0.5, 0.6) is 5.75 Å². The Balaban J connectivity index is 1.32. The molecule has 2 aromatic carbocycles. The fraction of sp³-hybridized carbons (Fsp3) is 0.500. The van der Waals surface area contributed by atoms with Crippen molar-refractivity contribution in [2.45, 2.75) is 74.9 Å². The van der Waals surface area contributed by atoms with Crippen LogP contribution in [-0.2, 0) is 25.6 Å². The molecule has 0 amide bonds. The lowest BCUT2D eigenvalue weighted by Crippen LogP contribution is -2.61. The second-order valence-electron chi connectivity index (χ2n) is 9.23. The Morgan fingerprint density at radius 1 is 0.763 bits per heavy atom. The molecule has 0 saturated carbocycles. The number of carbonyl (C=O) groups is 1. The van der Waals surface area contributed by atoms with E-state index in [1.54, 1.807) is 54.6 Å². The van der Waals surface area contributed by atoms with Crippen LogP contribution in [0.25, 0.3) is 0 Å². The number of benzene rings is 2. The second-order valence-corrected chi connectivity index (χ2v) is 9.23. The SMILES string of the molecule is C[C@@H]1O[C@@H](OC[C@H]2O[C@@H](Oc3ccc(COC(=O)c4ccccc4)cc3)[C@H](O)[C@@H](O)[C@@H]2O)[C@H](O)[C@H](O)[C@H]1O. The molecule has 2 heterocycles. The fourth-order valence-corrected chi connectivity index (χ4v) is 4.10. The summed E-state index contributed by atoms with van der Waals surface area (Å²) in [4.78, 5) is 12.1. The Morgan fingerprint density at radius 3 is 2.08 bits per heavy atom. The summed E-state index contributed by atoms with van der Waals surface area (Å²) >= 11 is 0. The predicted octanol–water partition coefficient (Wildman–Crippen LogP) is -0.926. The van der Waals surface area contributed by atoms with Gasteiger partial charge in [0.15, 0.2) is 6.29 Å². The third-order valence-corrected chi connectivity index (χ3v) is 6.46. The zero-order valence-corrected chi connectivity index (χ0v) is 20.5. The predicted molar refractivity (Wildman–Crippen MR) is 128 cm³/mol. The topological polar surface area (TPSA) is 185 Å². The van der Waals surface area contributed by atoms with Gasteiger partial charge in [-0.05, 0) is 36.8 Å². The summed E-state index contributed by atoms with van der Waals surface area (Å²) < 4.78 is 27.4. The normalized spacial score (nSPS) is 35.4. The van der Waals surface area contributed by atoms with Crippen molar-refractivity contribution < 1.29 is 59.1 Å². The molecule has 0 unspecified atom stereocenters. The van der Waals surface area contributed by atoms with Crippen molar-refractivity contribution in [3.63, 3.8) is 0 Å². The summed E-state index contributed by atoms with van der Waals surface area (Å²) in [6.45, 7) is 1.12. The number of hydrogen-bond acceptors (Lipinski definition) is 12. The molecule has 2 saturated heterocycles. The van der Waals surface area contributed by atoms with Crippen LogP contribution >= 0.6 is 0 Å². The maximum absolute atomic E-state index is 12.1. The molecule has 12 heteroatoms. The van der Waals surface area contributed by atoms with Gasteiger partial charge < -0.3 is 54.3 Å². The minimum absolute atomic E-state index is 0.0281. The molecule has 2 fully saturated rings. The highest BCUT2D eigenvalue weighted by atomic mass is 16.7. The first-order valence-electron chi connectivity index (χ1n) is 12.1. The van der Waals surface area contributed by atoms with Gasteiger partial charge in [0.25, 0.3) is 0 Å². The number of rotatable bonds is 8. The van der Waals surface area contributed by atoms with E-state index >= 15 is 0 Å². The van der Waals surface area contributed by atoms with Crippen LogP contribution in [0.4, 0.5) is 0 Å². The van der Waals surface area contributed by atoms with Gasteiger partial charge in [-0.1, -0.05) is 30.3 Å². The van der Waals surface area contributed by atoms with Gasteiger partial charge in [-0.25, -0.2) is 4.79 Å². The third-order valence-electron chi connectivity index (χ3n) is 6.46. The average Bonchev–Trinajstić information content (AvgIpc) is 2.93. The molecular weight excluding hydrogens is 504 g/mol. The first-order chi connectivity index (χ1) is 18.2. The van der Waals surface area contributed by atoms with Crippen molar-refractivity contribution in [3.05, 3.63) is 65.7 Å². The Bertz CT molecular complexity index is 1030. The summed E-state index contributed by atoms with van der Waals surface area (Å²) in [5, 5.41) is 60.9. The lowest BCUT2D eigenvalue weighted by molar-refractivity contribution is -0.318. The monoisotopic (exact) mass is 536 g/mol. The summed E-state index contributed by atoms with van der Waals surface area (Å²) in [6, 6.07) is 15.0. The van der Waals surface area contributed by atoms with Crippen LogP contribution in [0.3, 0.4) is 0 Å². The molecule has 208 valence electrons. The average molecular weight is 537 g/mol. The molecule has 38 heavy (non-hydrogen) atoms. The minimum atomic E-state index is -1.64. The molecule has 10 atom stereocenters. The maximum Gasteiger partial charge on any atom is 0.338 e. The van der Waals surface area contributed by atoms with E-state index in [4.69, 9.17) is 23.7 Å². The van der Waals surface area contributed by atoms with Gasteiger partial charge in [0.1, 0.15) is 55.1 Å². The van der Waals surface area contributed by atoms with Crippen molar-refractivity contribution in [2.24, 2.45) is 0 Å². The fourth-order valence-electron chi connectivity index (χ4n) is 4.10. The largest absolute Gasteiger partial charge is 0.462 e. The van der Waals surface area contributed by atoms with E-state index in [0.29, 0.717) is 11.1 Å². The van der Waals surface area contributed by atoms with Crippen LogP contribution in [0, 0.1) is 0 Å². The minimum Gasteiger partial charge on any atom is -0.462 e. The zero-order valence-electron chi connectivity index (χ0n) is 20.5. The van der Waals surface area contributed by atoms with Crippen molar-refractivity contribution >= 4 is 5.97 Å². The van der Waals surface area contributed by atoms with Crippen molar-refractivity contribution in [2.75, 3.05) is 6.61 Å².